The average Bonchev–Trinajstić information content (AvgIpc) is 2.16. The van der Waals surface area contributed by atoms with E-state index >= 15 is 0 Å². The van der Waals surface area contributed by atoms with Crippen LogP contribution in [0.15, 0.2) is 18.2 Å². The molecule has 0 radical (unpaired) electrons. The number of nitrogens with zero attached hydrogens (tertiary/aromatic N) is 2. The lowest BCUT2D eigenvalue weighted by Crippen LogP contribution is -2.07. The standard InChI is InChI=1S/C9H6ClN3/c10-8-3-6(4-11)1-2-7(8)9(13)5-12/h1-3,9H,13H2. The molecule has 0 saturated heterocycles. The maximum Gasteiger partial charge on any atom is 0.120 e. The second kappa shape index (κ2) is 3.91. The summed E-state index contributed by atoms with van der Waals surface area (Å²) >= 11 is 5.80. The highest BCUT2D eigenvalue weighted by Crippen LogP contribution is 2.22. The van der Waals surface area contributed by atoms with E-state index in [0.29, 0.717) is 16.1 Å². The highest BCUT2D eigenvalue weighted by Gasteiger charge is 2.08. The molecule has 4 heteroatoms. The molecule has 1 atom stereocenters. The number of hydrogen-bond acceptors (Lipinski definition) is 3. The SMILES string of the molecule is N#Cc1ccc(C(N)C#N)c(Cl)c1. The lowest BCUT2D eigenvalue weighted by molar-refractivity contribution is 0.926. The molecule has 0 fully saturated rings. The molecule has 64 valence electrons. The molecule has 0 bridgehead atoms. The van der Waals surface area contributed by atoms with E-state index in [4.69, 9.17) is 27.9 Å². The summed E-state index contributed by atoms with van der Waals surface area (Å²) < 4.78 is 0. The molecule has 0 aliphatic rings. The van der Waals surface area contributed by atoms with Gasteiger partial charge in [0.15, 0.2) is 0 Å². The van der Waals surface area contributed by atoms with E-state index < -0.39 is 6.04 Å². The summed E-state index contributed by atoms with van der Waals surface area (Å²) in [5.74, 6) is 0. The highest BCUT2D eigenvalue weighted by atomic mass is 35.5. The Balaban J connectivity index is 3.16. The van der Waals surface area contributed by atoms with Gasteiger partial charge in [-0.25, -0.2) is 0 Å². The molecule has 3 nitrogen and oxygen atoms in total. The van der Waals surface area contributed by atoms with Crippen molar-refractivity contribution < 1.29 is 0 Å². The van der Waals surface area contributed by atoms with Gasteiger partial charge in [0.2, 0.25) is 0 Å². The van der Waals surface area contributed by atoms with E-state index in [2.05, 4.69) is 0 Å². The first-order valence-electron chi connectivity index (χ1n) is 3.53. The minimum Gasteiger partial charge on any atom is -0.312 e. The van der Waals surface area contributed by atoms with E-state index in [1.165, 1.54) is 6.07 Å². The zero-order valence-corrected chi connectivity index (χ0v) is 7.42. The molecule has 2 N–H and O–H groups in total. The van der Waals surface area contributed by atoms with Crippen LogP contribution in [0.2, 0.25) is 5.02 Å². The summed E-state index contributed by atoms with van der Waals surface area (Å²) in [6, 6.07) is 7.75. The number of hydrogen-bond donors (Lipinski definition) is 1. The van der Waals surface area contributed by atoms with Gasteiger partial charge in [-0.2, -0.15) is 10.5 Å². The van der Waals surface area contributed by atoms with Crippen molar-refractivity contribution >= 4 is 11.6 Å². The largest absolute Gasteiger partial charge is 0.312 e. The molecule has 0 aliphatic carbocycles. The number of halogens is 1. The molecule has 1 unspecified atom stereocenters. The third-order valence-electron chi connectivity index (χ3n) is 1.60. The molecule has 0 heterocycles. The molecular formula is C9H6ClN3. The number of nitrogens with two attached hydrogens (primary N) is 1. The summed E-state index contributed by atoms with van der Waals surface area (Å²) in [5, 5.41) is 17.4. The van der Waals surface area contributed by atoms with Gasteiger partial charge in [-0.1, -0.05) is 17.7 Å². The summed E-state index contributed by atoms with van der Waals surface area (Å²) in [7, 11) is 0. The maximum absolute atomic E-state index is 8.54. The Kier molecular flexibility index (Phi) is 2.87. The predicted molar refractivity (Wildman–Crippen MR) is 48.7 cm³/mol. The van der Waals surface area contributed by atoms with Gasteiger partial charge < -0.3 is 5.73 Å². The number of nitriles is 2. The molecule has 13 heavy (non-hydrogen) atoms. The highest BCUT2D eigenvalue weighted by molar-refractivity contribution is 6.31. The van der Waals surface area contributed by atoms with Crippen molar-refractivity contribution in [2.75, 3.05) is 0 Å². The molecule has 0 aliphatic heterocycles. The lowest BCUT2D eigenvalue weighted by Gasteiger charge is -2.04. The van der Waals surface area contributed by atoms with Crippen LogP contribution in [0, 0.1) is 22.7 Å². The fraction of sp³-hybridized carbons (Fsp3) is 0.111. The lowest BCUT2D eigenvalue weighted by atomic mass is 10.1. The van der Waals surface area contributed by atoms with Crippen LogP contribution < -0.4 is 5.73 Å². The van der Waals surface area contributed by atoms with Crippen LogP contribution in [0.5, 0.6) is 0 Å². The Morgan fingerprint density at radius 2 is 2.08 bits per heavy atom. The van der Waals surface area contributed by atoms with Crippen molar-refractivity contribution in [1.29, 1.82) is 10.5 Å². The van der Waals surface area contributed by atoms with Crippen molar-refractivity contribution in [1.82, 2.24) is 0 Å². The summed E-state index contributed by atoms with van der Waals surface area (Å²) in [6.45, 7) is 0. The van der Waals surface area contributed by atoms with Gasteiger partial charge >= 0.3 is 0 Å². The van der Waals surface area contributed by atoms with Crippen molar-refractivity contribution in [3.8, 4) is 12.1 Å². The van der Waals surface area contributed by atoms with Gasteiger partial charge in [-0.05, 0) is 12.1 Å². The molecule has 1 aromatic rings. The van der Waals surface area contributed by atoms with E-state index in [9.17, 15) is 0 Å². The fourth-order valence-electron chi connectivity index (χ4n) is 0.918. The van der Waals surface area contributed by atoms with Crippen molar-refractivity contribution in [2.45, 2.75) is 6.04 Å². The third-order valence-corrected chi connectivity index (χ3v) is 1.93. The molecule has 0 amide bonds. The predicted octanol–water partition coefficient (Wildman–Crippen LogP) is 1.74. The van der Waals surface area contributed by atoms with Gasteiger partial charge in [0.25, 0.3) is 0 Å². The normalized spacial score (nSPS) is 11.4. The smallest absolute Gasteiger partial charge is 0.120 e. The Morgan fingerprint density at radius 3 is 2.54 bits per heavy atom. The molecular weight excluding hydrogens is 186 g/mol. The average molecular weight is 192 g/mol. The maximum atomic E-state index is 8.54. The topological polar surface area (TPSA) is 73.6 Å². The first kappa shape index (κ1) is 9.54. The van der Waals surface area contributed by atoms with Gasteiger partial charge in [0.1, 0.15) is 6.04 Å². The molecule has 0 aromatic heterocycles. The first-order valence-corrected chi connectivity index (χ1v) is 3.91. The minimum absolute atomic E-state index is 0.355. The minimum atomic E-state index is -0.736. The van der Waals surface area contributed by atoms with Crippen molar-refractivity contribution in [3.63, 3.8) is 0 Å². The second-order valence-corrected chi connectivity index (χ2v) is 2.86. The van der Waals surface area contributed by atoms with Gasteiger partial charge in [0.05, 0.1) is 17.7 Å². The Morgan fingerprint density at radius 1 is 1.38 bits per heavy atom. The Hall–Kier alpha value is -1.55. The zero-order valence-electron chi connectivity index (χ0n) is 6.66. The van der Waals surface area contributed by atoms with Crippen LogP contribution in [0.25, 0.3) is 0 Å². The second-order valence-electron chi connectivity index (χ2n) is 2.45. The van der Waals surface area contributed by atoms with E-state index in [1.54, 1.807) is 12.1 Å². The monoisotopic (exact) mass is 191 g/mol. The zero-order chi connectivity index (χ0) is 9.84. The van der Waals surface area contributed by atoms with Crippen LogP contribution in [0.3, 0.4) is 0 Å². The number of benzene rings is 1. The van der Waals surface area contributed by atoms with Gasteiger partial charge in [-0.15, -0.1) is 0 Å². The van der Waals surface area contributed by atoms with Crippen LogP contribution in [0.4, 0.5) is 0 Å². The molecule has 1 rings (SSSR count). The quantitative estimate of drug-likeness (QED) is 0.735. The van der Waals surface area contributed by atoms with E-state index in [0.717, 1.165) is 0 Å². The van der Waals surface area contributed by atoms with Crippen LogP contribution in [0.1, 0.15) is 17.2 Å². The fourth-order valence-corrected chi connectivity index (χ4v) is 1.22. The van der Waals surface area contributed by atoms with Gasteiger partial charge in [-0.3, -0.25) is 0 Å². The van der Waals surface area contributed by atoms with Crippen LogP contribution in [-0.4, -0.2) is 0 Å². The van der Waals surface area contributed by atoms with Gasteiger partial charge in [0, 0.05) is 10.6 Å². The van der Waals surface area contributed by atoms with E-state index in [1.807, 2.05) is 12.1 Å². The summed E-state index contributed by atoms with van der Waals surface area (Å²) in [4.78, 5) is 0. The van der Waals surface area contributed by atoms with Crippen molar-refractivity contribution in [3.05, 3.63) is 34.3 Å². The van der Waals surface area contributed by atoms with Crippen LogP contribution >= 0.6 is 11.6 Å². The van der Waals surface area contributed by atoms with Crippen LogP contribution in [-0.2, 0) is 0 Å². The Bertz CT molecular complexity index is 400. The molecule has 0 saturated carbocycles. The summed E-state index contributed by atoms with van der Waals surface area (Å²) in [5.41, 5.74) is 6.46. The first-order chi connectivity index (χ1) is 6.19. The Labute approximate surface area is 81.0 Å². The molecule has 1 aromatic carbocycles. The van der Waals surface area contributed by atoms with Crippen molar-refractivity contribution in [2.24, 2.45) is 5.73 Å². The molecule has 0 spiro atoms. The summed E-state index contributed by atoms with van der Waals surface area (Å²) in [6.07, 6.45) is 0. The number of rotatable bonds is 1. The third kappa shape index (κ3) is 1.97. The van der Waals surface area contributed by atoms with E-state index in [-0.39, 0.29) is 0 Å².